The number of thiazole rings is 1. The molecule has 2 aromatic rings. The molecule has 0 bridgehead atoms. The maximum Gasteiger partial charge on any atom is 0.184 e. The van der Waals surface area contributed by atoms with Gasteiger partial charge in [-0.3, -0.25) is 0 Å². The molecule has 0 amide bonds. The molecule has 0 saturated heterocycles. The summed E-state index contributed by atoms with van der Waals surface area (Å²) in [4.78, 5) is 5.65. The van der Waals surface area contributed by atoms with Crippen molar-refractivity contribution in [1.29, 1.82) is 0 Å². The Balaban J connectivity index is 2.49. The molecule has 0 aliphatic heterocycles. The predicted molar refractivity (Wildman–Crippen MR) is 84.2 cm³/mol. The van der Waals surface area contributed by atoms with Crippen molar-refractivity contribution in [2.75, 3.05) is 14.2 Å². The number of nitrogens with zero attached hydrogens (tertiary/aromatic N) is 1. The quantitative estimate of drug-likeness (QED) is 0.803. The Kier molecular flexibility index (Phi) is 4.89. The highest BCUT2D eigenvalue weighted by Crippen LogP contribution is 2.36. The summed E-state index contributed by atoms with van der Waals surface area (Å²) in [5.41, 5.74) is 1.89. The molecule has 0 aliphatic carbocycles. The minimum Gasteiger partial charge on any atom is -0.497 e. The van der Waals surface area contributed by atoms with Gasteiger partial charge in [-0.1, -0.05) is 25.4 Å². The van der Waals surface area contributed by atoms with Crippen LogP contribution in [-0.4, -0.2) is 19.2 Å². The van der Waals surface area contributed by atoms with E-state index in [4.69, 9.17) is 21.1 Å². The molecule has 0 spiro atoms. The van der Waals surface area contributed by atoms with Crippen LogP contribution in [0.15, 0.2) is 18.2 Å². The lowest BCUT2D eigenvalue weighted by molar-refractivity contribution is 0.394. The number of ether oxygens (including phenoxy) is 2. The van der Waals surface area contributed by atoms with Gasteiger partial charge in [-0.25, -0.2) is 4.98 Å². The number of aromatic nitrogens is 1. The average molecular weight is 312 g/mol. The number of halogens is 1. The van der Waals surface area contributed by atoms with Crippen LogP contribution < -0.4 is 9.47 Å². The zero-order chi connectivity index (χ0) is 14.7. The first-order valence-electron chi connectivity index (χ1n) is 6.42. The Morgan fingerprint density at radius 1 is 1.15 bits per heavy atom. The molecule has 1 aromatic carbocycles. The number of hydrogen-bond acceptors (Lipinski definition) is 4. The molecule has 0 aliphatic rings. The highest BCUT2D eigenvalue weighted by Gasteiger charge is 2.15. The molecule has 0 unspecified atom stereocenters. The summed E-state index contributed by atoms with van der Waals surface area (Å²) >= 11 is 7.63. The molecule has 0 saturated carbocycles. The lowest BCUT2D eigenvalue weighted by Crippen LogP contribution is -1.95. The summed E-state index contributed by atoms with van der Waals surface area (Å²) < 4.78 is 11.2. The summed E-state index contributed by atoms with van der Waals surface area (Å²) in [6.45, 7) is 4.37. The Morgan fingerprint density at radius 2 is 1.75 bits per heavy atom. The van der Waals surface area contributed by atoms with Crippen molar-refractivity contribution < 1.29 is 9.47 Å². The van der Waals surface area contributed by atoms with Crippen molar-refractivity contribution in [2.45, 2.75) is 20.3 Å². The molecule has 20 heavy (non-hydrogen) atoms. The van der Waals surface area contributed by atoms with Gasteiger partial charge in [-0.05, 0) is 24.5 Å². The summed E-state index contributed by atoms with van der Waals surface area (Å²) in [5, 5.41) is 0. The third-order valence-electron chi connectivity index (χ3n) is 2.89. The second-order valence-electron chi connectivity index (χ2n) is 4.94. The molecule has 3 nitrogen and oxygen atoms in total. The zero-order valence-corrected chi connectivity index (χ0v) is 13.6. The van der Waals surface area contributed by atoms with E-state index < -0.39 is 0 Å². The number of rotatable bonds is 5. The summed E-state index contributed by atoms with van der Waals surface area (Å²) in [7, 11) is 3.28. The van der Waals surface area contributed by atoms with Gasteiger partial charge in [0.2, 0.25) is 0 Å². The molecule has 5 heteroatoms. The van der Waals surface area contributed by atoms with Crippen molar-refractivity contribution in [1.82, 2.24) is 4.98 Å². The van der Waals surface area contributed by atoms with Crippen LogP contribution >= 0.6 is 22.9 Å². The fourth-order valence-electron chi connectivity index (χ4n) is 2.00. The number of methoxy groups -OCH3 is 2. The van der Waals surface area contributed by atoms with Gasteiger partial charge in [0.05, 0.1) is 19.9 Å². The van der Waals surface area contributed by atoms with Gasteiger partial charge < -0.3 is 9.47 Å². The summed E-state index contributed by atoms with van der Waals surface area (Å²) in [6, 6.07) is 5.76. The lowest BCUT2D eigenvalue weighted by atomic mass is 10.0. The van der Waals surface area contributed by atoms with E-state index in [-0.39, 0.29) is 0 Å². The van der Waals surface area contributed by atoms with Crippen molar-refractivity contribution in [3.05, 3.63) is 27.5 Å². The van der Waals surface area contributed by atoms with Gasteiger partial charge in [0.25, 0.3) is 0 Å². The van der Waals surface area contributed by atoms with E-state index in [1.54, 1.807) is 14.2 Å². The van der Waals surface area contributed by atoms with E-state index in [2.05, 4.69) is 18.8 Å². The molecule has 0 atom stereocenters. The second kappa shape index (κ2) is 6.46. The summed E-state index contributed by atoms with van der Waals surface area (Å²) in [6.07, 6.45) is 0.958. The van der Waals surface area contributed by atoms with Gasteiger partial charge in [0.1, 0.15) is 11.5 Å². The van der Waals surface area contributed by atoms with E-state index in [1.165, 1.54) is 16.2 Å². The first-order chi connectivity index (χ1) is 9.53. The Bertz CT molecular complexity index is 573. The van der Waals surface area contributed by atoms with E-state index in [9.17, 15) is 0 Å². The molecule has 2 rings (SSSR count). The molecular weight excluding hydrogens is 294 g/mol. The topological polar surface area (TPSA) is 31.4 Å². The second-order valence-corrected chi connectivity index (χ2v) is 6.60. The van der Waals surface area contributed by atoms with Gasteiger partial charge >= 0.3 is 0 Å². The third kappa shape index (κ3) is 3.44. The Hall–Kier alpha value is -1.26. The standard InChI is InChI=1S/C15H18ClNO2S/c1-9(2)5-13-14(17-15(16)20-13)10-6-11(18-3)8-12(7-10)19-4/h6-9H,5H2,1-4H3. The Labute approximate surface area is 128 Å². The van der Waals surface area contributed by atoms with Crippen molar-refractivity contribution >= 4 is 22.9 Å². The average Bonchev–Trinajstić information content (AvgIpc) is 2.78. The molecular formula is C15H18ClNO2S. The van der Waals surface area contributed by atoms with E-state index in [1.807, 2.05) is 18.2 Å². The maximum atomic E-state index is 6.09. The van der Waals surface area contributed by atoms with Gasteiger partial charge in [0.15, 0.2) is 4.47 Å². The van der Waals surface area contributed by atoms with Gasteiger partial charge in [-0.2, -0.15) is 0 Å². The first-order valence-corrected chi connectivity index (χ1v) is 7.61. The SMILES string of the molecule is COc1cc(OC)cc(-c2nc(Cl)sc2CC(C)C)c1. The highest BCUT2D eigenvalue weighted by atomic mass is 35.5. The van der Waals surface area contributed by atoms with E-state index >= 15 is 0 Å². The van der Waals surface area contributed by atoms with Gasteiger partial charge in [-0.15, -0.1) is 11.3 Å². The highest BCUT2D eigenvalue weighted by molar-refractivity contribution is 7.16. The van der Waals surface area contributed by atoms with Crippen molar-refractivity contribution in [3.63, 3.8) is 0 Å². The zero-order valence-electron chi connectivity index (χ0n) is 12.1. The van der Waals surface area contributed by atoms with Crippen LogP contribution in [0.5, 0.6) is 11.5 Å². The van der Waals surface area contributed by atoms with Crippen LogP contribution in [0.3, 0.4) is 0 Å². The fourth-order valence-corrected chi connectivity index (χ4v) is 3.38. The molecule has 108 valence electrons. The molecule has 0 N–H and O–H groups in total. The number of benzene rings is 1. The largest absolute Gasteiger partial charge is 0.497 e. The Morgan fingerprint density at radius 3 is 2.25 bits per heavy atom. The smallest absolute Gasteiger partial charge is 0.184 e. The lowest BCUT2D eigenvalue weighted by Gasteiger charge is -2.09. The van der Waals surface area contributed by atoms with Crippen LogP contribution in [0.2, 0.25) is 4.47 Å². The van der Waals surface area contributed by atoms with Crippen LogP contribution in [-0.2, 0) is 6.42 Å². The normalized spacial score (nSPS) is 10.9. The predicted octanol–water partition coefficient (Wildman–Crippen LogP) is 4.68. The van der Waals surface area contributed by atoms with Gasteiger partial charge in [0, 0.05) is 16.5 Å². The first kappa shape index (κ1) is 15.1. The molecule has 0 fully saturated rings. The van der Waals surface area contributed by atoms with E-state index in [0.717, 1.165) is 29.2 Å². The van der Waals surface area contributed by atoms with Crippen LogP contribution in [0.25, 0.3) is 11.3 Å². The minimum atomic E-state index is 0.553. The number of hydrogen-bond donors (Lipinski definition) is 0. The molecule has 1 aromatic heterocycles. The molecule has 0 radical (unpaired) electrons. The monoisotopic (exact) mass is 311 g/mol. The minimum absolute atomic E-state index is 0.553. The van der Waals surface area contributed by atoms with E-state index in [0.29, 0.717) is 10.4 Å². The third-order valence-corrected chi connectivity index (χ3v) is 4.07. The van der Waals surface area contributed by atoms with Crippen LogP contribution in [0, 0.1) is 5.92 Å². The maximum absolute atomic E-state index is 6.09. The van der Waals surface area contributed by atoms with Crippen molar-refractivity contribution in [3.8, 4) is 22.8 Å². The molecule has 1 heterocycles. The van der Waals surface area contributed by atoms with Crippen LogP contribution in [0.4, 0.5) is 0 Å². The fraction of sp³-hybridized carbons (Fsp3) is 0.400. The summed E-state index contributed by atoms with van der Waals surface area (Å²) in [5.74, 6) is 2.05. The van der Waals surface area contributed by atoms with Crippen LogP contribution in [0.1, 0.15) is 18.7 Å². The van der Waals surface area contributed by atoms with Crippen molar-refractivity contribution in [2.24, 2.45) is 5.92 Å².